The van der Waals surface area contributed by atoms with Crippen LogP contribution in [0, 0.1) is 5.92 Å². The molecule has 0 spiro atoms. The number of rotatable bonds is 15. The highest BCUT2D eigenvalue weighted by Gasteiger charge is 2.39. The van der Waals surface area contributed by atoms with E-state index in [0.29, 0.717) is 38.6 Å². The number of hydrogen-bond acceptors (Lipinski definition) is 7. The Morgan fingerprint density at radius 3 is 2.29 bits per heavy atom. The van der Waals surface area contributed by atoms with Crippen molar-refractivity contribution in [3.05, 3.63) is 0 Å². The van der Waals surface area contributed by atoms with E-state index in [4.69, 9.17) is 16.6 Å². The fraction of sp³-hybridized carbons (Fsp3) is 0.773. The zero-order valence-electron chi connectivity index (χ0n) is 20.0. The lowest BCUT2D eigenvalue weighted by atomic mass is 9.98. The fourth-order valence-electron chi connectivity index (χ4n) is 3.83. The van der Waals surface area contributed by atoms with Gasteiger partial charge in [0.05, 0.1) is 6.04 Å². The molecule has 1 rings (SSSR count). The van der Waals surface area contributed by atoms with Crippen LogP contribution in [-0.2, 0) is 24.0 Å². The van der Waals surface area contributed by atoms with Crippen molar-refractivity contribution in [3.63, 3.8) is 0 Å². The molecule has 1 saturated heterocycles. The molecule has 34 heavy (non-hydrogen) atoms. The number of carbonyl (C=O) groups is 5. The lowest BCUT2D eigenvalue weighted by Crippen LogP contribution is -2.57. The highest BCUT2D eigenvalue weighted by molar-refractivity contribution is 5.94. The molecule has 0 aromatic carbocycles. The Hall–Kier alpha value is -2.73. The molecule has 1 heterocycles. The van der Waals surface area contributed by atoms with E-state index in [0.717, 1.165) is 0 Å². The van der Waals surface area contributed by atoms with Crippen LogP contribution in [0.5, 0.6) is 0 Å². The number of nitrogens with one attached hydrogen (secondary N) is 2. The van der Waals surface area contributed by atoms with Crippen molar-refractivity contribution in [2.24, 2.45) is 17.4 Å². The molecule has 1 aliphatic rings. The number of hydrogen-bond donors (Lipinski definition) is 6. The topological polar surface area (TPSA) is 205 Å². The van der Waals surface area contributed by atoms with Gasteiger partial charge in [0.2, 0.25) is 17.7 Å². The second-order valence-corrected chi connectivity index (χ2v) is 8.78. The summed E-state index contributed by atoms with van der Waals surface area (Å²) in [5.74, 6) is -4.19. The molecule has 0 saturated carbocycles. The first kappa shape index (κ1) is 29.3. The van der Waals surface area contributed by atoms with Gasteiger partial charge in [0, 0.05) is 13.0 Å². The molecule has 1 fully saturated rings. The third kappa shape index (κ3) is 8.90. The largest absolute Gasteiger partial charge is 0.481 e. The van der Waals surface area contributed by atoms with Crippen LogP contribution in [0.1, 0.15) is 65.2 Å². The van der Waals surface area contributed by atoms with Gasteiger partial charge in [-0.2, -0.15) is 0 Å². The van der Waals surface area contributed by atoms with Crippen LogP contribution in [0.3, 0.4) is 0 Å². The van der Waals surface area contributed by atoms with Crippen molar-refractivity contribution in [3.8, 4) is 0 Å². The highest BCUT2D eigenvalue weighted by Crippen LogP contribution is 2.20. The van der Waals surface area contributed by atoms with Crippen LogP contribution in [0.4, 0.5) is 0 Å². The van der Waals surface area contributed by atoms with Crippen LogP contribution < -0.4 is 22.1 Å². The number of nitrogens with zero attached hydrogens (tertiary/aromatic N) is 1. The number of carboxylic acids is 2. The fourth-order valence-corrected chi connectivity index (χ4v) is 3.83. The third-order valence-electron chi connectivity index (χ3n) is 6.22. The maximum absolute atomic E-state index is 13.3. The third-order valence-corrected chi connectivity index (χ3v) is 6.22. The van der Waals surface area contributed by atoms with Gasteiger partial charge in [0.25, 0.3) is 0 Å². The Balaban J connectivity index is 2.95. The Kier molecular flexibility index (Phi) is 12.5. The van der Waals surface area contributed by atoms with Gasteiger partial charge in [0.1, 0.15) is 18.1 Å². The first-order valence-corrected chi connectivity index (χ1v) is 11.8. The molecular weight excluding hydrogens is 446 g/mol. The zero-order chi connectivity index (χ0) is 25.8. The Labute approximate surface area is 199 Å². The molecule has 3 amide bonds. The quantitative estimate of drug-likeness (QED) is 0.163. The van der Waals surface area contributed by atoms with Crippen LogP contribution in [0.15, 0.2) is 0 Å². The molecule has 5 atom stereocenters. The summed E-state index contributed by atoms with van der Waals surface area (Å²) < 4.78 is 0. The zero-order valence-corrected chi connectivity index (χ0v) is 20.0. The monoisotopic (exact) mass is 485 g/mol. The lowest BCUT2D eigenvalue weighted by molar-refractivity contribution is -0.145. The maximum Gasteiger partial charge on any atom is 0.326 e. The number of nitrogens with two attached hydrogens (primary N) is 2. The lowest BCUT2D eigenvalue weighted by Gasteiger charge is -2.30. The number of unbranched alkanes of at least 4 members (excludes halogenated alkanes) is 1. The number of carbonyl (C=O) groups excluding carboxylic acids is 3. The van der Waals surface area contributed by atoms with Gasteiger partial charge in [-0.1, -0.05) is 20.3 Å². The van der Waals surface area contributed by atoms with Crippen LogP contribution in [-0.4, -0.2) is 82.0 Å². The Morgan fingerprint density at radius 2 is 1.74 bits per heavy atom. The van der Waals surface area contributed by atoms with Gasteiger partial charge in [0.15, 0.2) is 0 Å². The molecule has 0 aromatic rings. The van der Waals surface area contributed by atoms with Crippen LogP contribution in [0.25, 0.3) is 0 Å². The van der Waals surface area contributed by atoms with Crippen molar-refractivity contribution in [1.29, 1.82) is 0 Å². The van der Waals surface area contributed by atoms with Gasteiger partial charge in [-0.25, -0.2) is 4.79 Å². The minimum atomic E-state index is -1.17. The highest BCUT2D eigenvalue weighted by atomic mass is 16.4. The Bertz CT molecular complexity index is 732. The molecule has 0 aromatic heterocycles. The summed E-state index contributed by atoms with van der Waals surface area (Å²) in [4.78, 5) is 62.6. The maximum atomic E-state index is 13.3. The van der Waals surface area contributed by atoms with Crippen molar-refractivity contribution < 1.29 is 34.2 Å². The predicted octanol–water partition coefficient (Wildman–Crippen LogP) is -0.601. The molecule has 0 aliphatic carbocycles. The average molecular weight is 486 g/mol. The summed E-state index contributed by atoms with van der Waals surface area (Å²) in [6.07, 6.45) is 2.34. The molecule has 0 radical (unpaired) electrons. The van der Waals surface area contributed by atoms with E-state index in [1.165, 1.54) is 4.90 Å². The Morgan fingerprint density at radius 1 is 1.06 bits per heavy atom. The molecule has 5 unspecified atom stereocenters. The van der Waals surface area contributed by atoms with Gasteiger partial charge < -0.3 is 37.2 Å². The molecule has 0 bridgehead atoms. The number of likely N-dealkylation sites (tertiary alicyclic amines) is 1. The molecular formula is C22H39N5O7. The van der Waals surface area contributed by atoms with Gasteiger partial charge in [-0.3, -0.25) is 19.2 Å². The standard InChI is InChI=1S/C22H39N5O7/c1-3-13(2)18(24)20(31)25-14(9-10-17(28)29)21(32)27-12-6-8-16(27)19(30)26-15(22(33)34)7-4-5-11-23/h13-16,18H,3-12,23-24H2,1-2H3,(H,25,31)(H,26,30)(H,28,29)(H,33,34). The number of aliphatic carboxylic acids is 2. The summed E-state index contributed by atoms with van der Waals surface area (Å²) in [5, 5.41) is 23.6. The summed E-state index contributed by atoms with van der Waals surface area (Å²) in [6.45, 7) is 4.32. The van der Waals surface area contributed by atoms with Crippen LogP contribution >= 0.6 is 0 Å². The second kappa shape index (κ2) is 14.5. The summed E-state index contributed by atoms with van der Waals surface area (Å²) in [7, 11) is 0. The van der Waals surface area contributed by atoms with Gasteiger partial charge >= 0.3 is 11.9 Å². The molecule has 1 aliphatic heterocycles. The second-order valence-electron chi connectivity index (χ2n) is 8.78. The first-order chi connectivity index (χ1) is 16.0. The number of amides is 3. The average Bonchev–Trinajstić information content (AvgIpc) is 3.29. The van der Waals surface area contributed by atoms with Crippen LogP contribution in [0.2, 0.25) is 0 Å². The van der Waals surface area contributed by atoms with Gasteiger partial charge in [-0.15, -0.1) is 0 Å². The van der Waals surface area contributed by atoms with Crippen molar-refractivity contribution in [2.45, 2.75) is 89.4 Å². The van der Waals surface area contributed by atoms with E-state index in [1.54, 1.807) is 6.92 Å². The smallest absolute Gasteiger partial charge is 0.326 e. The van der Waals surface area contributed by atoms with Gasteiger partial charge in [-0.05, 0) is 51.0 Å². The van der Waals surface area contributed by atoms with E-state index >= 15 is 0 Å². The predicted molar refractivity (Wildman–Crippen MR) is 123 cm³/mol. The molecule has 12 nitrogen and oxygen atoms in total. The minimum Gasteiger partial charge on any atom is -0.481 e. The van der Waals surface area contributed by atoms with E-state index in [2.05, 4.69) is 10.6 Å². The summed E-state index contributed by atoms with van der Waals surface area (Å²) in [6, 6.07) is -4.04. The van der Waals surface area contributed by atoms with E-state index < -0.39 is 53.8 Å². The van der Waals surface area contributed by atoms with E-state index in [9.17, 15) is 29.1 Å². The first-order valence-electron chi connectivity index (χ1n) is 11.8. The molecule has 12 heteroatoms. The summed E-state index contributed by atoms with van der Waals surface area (Å²) >= 11 is 0. The van der Waals surface area contributed by atoms with Crippen molar-refractivity contribution >= 4 is 29.7 Å². The van der Waals surface area contributed by atoms with E-state index in [-0.39, 0.29) is 31.7 Å². The molecule has 194 valence electrons. The summed E-state index contributed by atoms with van der Waals surface area (Å²) in [5.41, 5.74) is 11.4. The van der Waals surface area contributed by atoms with E-state index in [1.807, 2.05) is 6.92 Å². The normalized spacial score (nSPS) is 19.1. The SMILES string of the molecule is CCC(C)C(N)C(=O)NC(CCC(=O)O)C(=O)N1CCCC1C(=O)NC(CCCCN)C(=O)O. The van der Waals surface area contributed by atoms with Crippen molar-refractivity contribution in [2.75, 3.05) is 13.1 Å². The van der Waals surface area contributed by atoms with Crippen molar-refractivity contribution in [1.82, 2.24) is 15.5 Å². The molecule has 8 N–H and O–H groups in total. The number of carboxylic acid groups (broad SMARTS) is 2. The minimum absolute atomic E-state index is 0.146.